The Labute approximate surface area is 166 Å². The Morgan fingerprint density at radius 1 is 0.821 bits per heavy atom. The van der Waals surface area contributed by atoms with Gasteiger partial charge in [0.15, 0.2) is 0 Å². The molecule has 0 amide bonds. The molecule has 1 aliphatic rings. The van der Waals surface area contributed by atoms with Gasteiger partial charge in [0.1, 0.15) is 5.58 Å². The molecule has 0 atom stereocenters. The third-order valence-corrected chi connectivity index (χ3v) is 6.13. The standard InChI is InChI=1S/C23H27BO4/c1-21(2,3)14-8-11-19-18(12-14)17-13-15(9-10-16(17)20(25)26-19)24-27-22(4,5)23(6,7)28-24/h8-13H,1-7H3. The predicted molar refractivity (Wildman–Crippen MR) is 114 cm³/mol. The van der Waals surface area contributed by atoms with Gasteiger partial charge in [-0.3, -0.25) is 0 Å². The fourth-order valence-corrected chi connectivity index (χ4v) is 3.54. The fourth-order valence-electron chi connectivity index (χ4n) is 3.54. The van der Waals surface area contributed by atoms with Gasteiger partial charge in [-0.05, 0) is 67.7 Å². The second-order valence-electron chi connectivity index (χ2n) is 9.74. The first kappa shape index (κ1) is 19.2. The van der Waals surface area contributed by atoms with Crippen LogP contribution in [0.1, 0.15) is 54.0 Å². The number of benzene rings is 2. The first-order chi connectivity index (χ1) is 12.9. The number of rotatable bonds is 1. The van der Waals surface area contributed by atoms with Crippen molar-refractivity contribution in [2.75, 3.05) is 0 Å². The second-order valence-corrected chi connectivity index (χ2v) is 9.74. The van der Waals surface area contributed by atoms with Gasteiger partial charge in [-0.2, -0.15) is 0 Å². The molecule has 1 aliphatic heterocycles. The summed E-state index contributed by atoms with van der Waals surface area (Å²) in [5.74, 6) is 0. The maximum Gasteiger partial charge on any atom is 0.494 e. The van der Waals surface area contributed by atoms with Crippen molar-refractivity contribution in [2.24, 2.45) is 0 Å². The van der Waals surface area contributed by atoms with E-state index in [4.69, 9.17) is 13.7 Å². The molecule has 28 heavy (non-hydrogen) atoms. The van der Waals surface area contributed by atoms with Crippen LogP contribution >= 0.6 is 0 Å². The molecule has 0 saturated carbocycles. The summed E-state index contributed by atoms with van der Waals surface area (Å²) in [5, 5.41) is 2.36. The lowest BCUT2D eigenvalue weighted by molar-refractivity contribution is 0.00578. The van der Waals surface area contributed by atoms with Crippen LogP contribution in [-0.2, 0) is 14.7 Å². The zero-order chi connectivity index (χ0) is 20.5. The lowest BCUT2D eigenvalue weighted by Crippen LogP contribution is -2.41. The van der Waals surface area contributed by atoms with Gasteiger partial charge in [-0.1, -0.05) is 39.0 Å². The largest absolute Gasteiger partial charge is 0.494 e. The molecule has 5 heteroatoms. The van der Waals surface area contributed by atoms with Crippen LogP contribution in [0.25, 0.3) is 21.7 Å². The molecule has 0 N–H and O–H groups in total. The molecule has 4 rings (SSSR count). The molecule has 2 aromatic carbocycles. The van der Waals surface area contributed by atoms with E-state index in [0.29, 0.717) is 11.0 Å². The highest BCUT2D eigenvalue weighted by Crippen LogP contribution is 2.37. The van der Waals surface area contributed by atoms with Crippen molar-refractivity contribution in [1.82, 2.24) is 0 Å². The van der Waals surface area contributed by atoms with Crippen molar-refractivity contribution in [3.05, 3.63) is 52.4 Å². The Kier molecular flexibility index (Phi) is 4.08. The highest BCUT2D eigenvalue weighted by Gasteiger charge is 2.51. The summed E-state index contributed by atoms with van der Waals surface area (Å²) in [6, 6.07) is 11.7. The molecule has 0 unspecified atom stereocenters. The molecule has 1 saturated heterocycles. The summed E-state index contributed by atoms with van der Waals surface area (Å²) in [4.78, 5) is 12.5. The van der Waals surface area contributed by atoms with E-state index < -0.39 is 18.3 Å². The summed E-state index contributed by atoms with van der Waals surface area (Å²) in [6.45, 7) is 14.7. The SMILES string of the molecule is CC(C)(C)c1ccc2oc(=O)c3ccc(B4OC(C)(C)C(C)(C)O4)cc3c2c1. The van der Waals surface area contributed by atoms with Crippen LogP contribution in [0.15, 0.2) is 45.6 Å². The number of hydrogen-bond donors (Lipinski definition) is 0. The summed E-state index contributed by atoms with van der Waals surface area (Å²) in [6.07, 6.45) is 0. The van der Waals surface area contributed by atoms with Crippen molar-refractivity contribution in [3.8, 4) is 0 Å². The summed E-state index contributed by atoms with van der Waals surface area (Å²) >= 11 is 0. The third-order valence-electron chi connectivity index (χ3n) is 6.13. The number of fused-ring (bicyclic) bond motifs is 3. The summed E-state index contributed by atoms with van der Waals surface area (Å²) < 4.78 is 17.9. The molecule has 146 valence electrons. The monoisotopic (exact) mass is 378 g/mol. The van der Waals surface area contributed by atoms with E-state index in [9.17, 15) is 4.79 Å². The molecular weight excluding hydrogens is 351 g/mol. The maximum absolute atomic E-state index is 12.5. The zero-order valence-electron chi connectivity index (χ0n) is 17.7. The normalized spacial score (nSPS) is 18.9. The van der Waals surface area contributed by atoms with Crippen LogP contribution in [-0.4, -0.2) is 18.3 Å². The van der Waals surface area contributed by atoms with E-state index in [1.165, 1.54) is 5.56 Å². The number of hydrogen-bond acceptors (Lipinski definition) is 4. The quantitative estimate of drug-likeness (QED) is 0.354. The van der Waals surface area contributed by atoms with E-state index in [2.05, 4.69) is 26.8 Å². The molecule has 0 spiro atoms. The van der Waals surface area contributed by atoms with Crippen molar-refractivity contribution in [2.45, 2.75) is 65.1 Å². The fraction of sp³-hybridized carbons (Fsp3) is 0.435. The van der Waals surface area contributed by atoms with E-state index in [1.54, 1.807) is 0 Å². The van der Waals surface area contributed by atoms with Gasteiger partial charge in [-0.25, -0.2) is 4.79 Å². The Bertz CT molecular complexity index is 1120. The van der Waals surface area contributed by atoms with Gasteiger partial charge >= 0.3 is 12.7 Å². The van der Waals surface area contributed by atoms with Crippen LogP contribution in [0.5, 0.6) is 0 Å². The van der Waals surface area contributed by atoms with Crippen molar-refractivity contribution < 1.29 is 13.7 Å². The minimum absolute atomic E-state index is 0.0000172. The summed E-state index contributed by atoms with van der Waals surface area (Å²) in [5.41, 5.74) is 1.53. The lowest BCUT2D eigenvalue weighted by atomic mass is 9.78. The van der Waals surface area contributed by atoms with Gasteiger partial charge in [0.05, 0.1) is 16.6 Å². The van der Waals surface area contributed by atoms with Crippen LogP contribution in [0.4, 0.5) is 0 Å². The van der Waals surface area contributed by atoms with Crippen LogP contribution in [0.3, 0.4) is 0 Å². The van der Waals surface area contributed by atoms with Crippen LogP contribution < -0.4 is 11.1 Å². The average molecular weight is 378 g/mol. The van der Waals surface area contributed by atoms with Gasteiger partial charge in [0.2, 0.25) is 0 Å². The van der Waals surface area contributed by atoms with E-state index in [1.807, 2.05) is 58.0 Å². The molecule has 0 radical (unpaired) electrons. The Balaban J connectivity index is 1.93. The maximum atomic E-state index is 12.5. The van der Waals surface area contributed by atoms with E-state index >= 15 is 0 Å². The van der Waals surface area contributed by atoms with Gasteiger partial charge < -0.3 is 13.7 Å². The Morgan fingerprint density at radius 3 is 2.07 bits per heavy atom. The molecule has 1 fully saturated rings. The minimum atomic E-state index is -0.470. The second kappa shape index (κ2) is 5.95. The molecule has 2 heterocycles. The van der Waals surface area contributed by atoms with Crippen LogP contribution in [0.2, 0.25) is 0 Å². The van der Waals surface area contributed by atoms with Gasteiger partial charge in [0, 0.05) is 5.39 Å². The van der Waals surface area contributed by atoms with E-state index in [0.717, 1.165) is 16.2 Å². The summed E-state index contributed by atoms with van der Waals surface area (Å²) in [7, 11) is -0.470. The van der Waals surface area contributed by atoms with Gasteiger partial charge in [-0.15, -0.1) is 0 Å². The molecule has 1 aromatic heterocycles. The predicted octanol–water partition coefficient (Wildman–Crippen LogP) is 4.54. The van der Waals surface area contributed by atoms with Gasteiger partial charge in [0.25, 0.3) is 0 Å². The zero-order valence-corrected chi connectivity index (χ0v) is 17.7. The molecule has 0 bridgehead atoms. The van der Waals surface area contributed by atoms with E-state index in [-0.39, 0.29) is 11.0 Å². The molecule has 3 aromatic rings. The van der Waals surface area contributed by atoms with Crippen molar-refractivity contribution in [3.63, 3.8) is 0 Å². The third kappa shape index (κ3) is 2.97. The smallest absolute Gasteiger partial charge is 0.422 e. The lowest BCUT2D eigenvalue weighted by Gasteiger charge is -2.32. The van der Waals surface area contributed by atoms with Crippen molar-refractivity contribution in [1.29, 1.82) is 0 Å². The minimum Gasteiger partial charge on any atom is -0.422 e. The molecule has 4 nitrogen and oxygen atoms in total. The van der Waals surface area contributed by atoms with Crippen molar-refractivity contribution >= 4 is 34.3 Å². The molecule has 0 aliphatic carbocycles. The Hall–Kier alpha value is -2.11. The average Bonchev–Trinajstić information content (AvgIpc) is 2.81. The Morgan fingerprint density at radius 2 is 1.46 bits per heavy atom. The first-order valence-electron chi connectivity index (χ1n) is 9.76. The van der Waals surface area contributed by atoms with Crippen LogP contribution in [0, 0.1) is 0 Å². The highest BCUT2D eigenvalue weighted by atomic mass is 16.7. The first-order valence-corrected chi connectivity index (χ1v) is 9.76. The molecular formula is C23H27BO4. The topological polar surface area (TPSA) is 48.7 Å². The highest BCUT2D eigenvalue weighted by molar-refractivity contribution is 6.62.